The molecule has 5 nitrogen and oxygen atoms in total. The summed E-state index contributed by atoms with van der Waals surface area (Å²) in [5.41, 5.74) is 0.0666. The van der Waals surface area contributed by atoms with Crippen LogP contribution in [0.1, 0.15) is 5.56 Å². The standard InChI is InChI=1S/C11H12N2O3S2/c1-16-10-3-2-4-11(9(10)7-12)18(14,15)13-5-6-17-8-13/h2-4H,5-6,8H2,1H3. The summed E-state index contributed by atoms with van der Waals surface area (Å²) in [6.07, 6.45) is 0. The molecule has 0 radical (unpaired) electrons. The molecular formula is C11H12N2O3S2. The van der Waals surface area contributed by atoms with Gasteiger partial charge in [-0.25, -0.2) is 8.42 Å². The van der Waals surface area contributed by atoms with Gasteiger partial charge in [-0.3, -0.25) is 0 Å². The molecule has 0 aliphatic carbocycles. The first-order valence-corrected chi connectivity index (χ1v) is 7.85. The fraction of sp³-hybridized carbons (Fsp3) is 0.364. The van der Waals surface area contributed by atoms with E-state index in [4.69, 9.17) is 10.00 Å². The lowest BCUT2D eigenvalue weighted by Crippen LogP contribution is -2.28. The van der Waals surface area contributed by atoms with Gasteiger partial charge in [-0.15, -0.1) is 11.8 Å². The van der Waals surface area contributed by atoms with E-state index in [0.717, 1.165) is 5.75 Å². The maximum absolute atomic E-state index is 12.4. The molecule has 0 aromatic heterocycles. The quantitative estimate of drug-likeness (QED) is 0.835. The summed E-state index contributed by atoms with van der Waals surface area (Å²) in [5.74, 6) is 1.50. The molecule has 0 bridgehead atoms. The van der Waals surface area contributed by atoms with Crippen molar-refractivity contribution in [1.29, 1.82) is 5.26 Å². The SMILES string of the molecule is COc1cccc(S(=O)(=O)N2CCSC2)c1C#N. The largest absolute Gasteiger partial charge is 0.495 e. The Bertz CT molecular complexity index is 587. The third-order valence-electron chi connectivity index (χ3n) is 2.66. The Labute approximate surface area is 110 Å². The van der Waals surface area contributed by atoms with E-state index in [2.05, 4.69) is 0 Å². The maximum Gasteiger partial charge on any atom is 0.245 e. The highest BCUT2D eigenvalue weighted by molar-refractivity contribution is 8.00. The van der Waals surface area contributed by atoms with Crippen LogP contribution in [0.15, 0.2) is 23.1 Å². The fourth-order valence-corrected chi connectivity index (χ4v) is 4.70. The molecule has 1 heterocycles. The molecule has 0 atom stereocenters. The van der Waals surface area contributed by atoms with Crippen LogP contribution in [0.4, 0.5) is 0 Å². The van der Waals surface area contributed by atoms with Crippen molar-refractivity contribution in [3.05, 3.63) is 23.8 Å². The van der Waals surface area contributed by atoms with E-state index in [1.54, 1.807) is 23.9 Å². The van der Waals surface area contributed by atoms with Crippen molar-refractivity contribution in [3.63, 3.8) is 0 Å². The number of hydrogen-bond acceptors (Lipinski definition) is 5. The highest BCUT2D eigenvalue weighted by Gasteiger charge is 2.30. The number of methoxy groups -OCH3 is 1. The first-order valence-electron chi connectivity index (χ1n) is 5.26. The van der Waals surface area contributed by atoms with E-state index in [1.807, 2.05) is 6.07 Å². The van der Waals surface area contributed by atoms with E-state index in [-0.39, 0.29) is 16.2 Å². The van der Waals surface area contributed by atoms with Crippen molar-refractivity contribution in [2.45, 2.75) is 4.90 Å². The first kappa shape index (κ1) is 13.2. The number of benzene rings is 1. The summed E-state index contributed by atoms with van der Waals surface area (Å²) in [7, 11) is -2.19. The second kappa shape index (κ2) is 5.18. The van der Waals surface area contributed by atoms with E-state index in [1.165, 1.54) is 17.5 Å². The van der Waals surface area contributed by atoms with Gasteiger partial charge in [0, 0.05) is 12.3 Å². The molecule has 0 amide bonds. The zero-order valence-electron chi connectivity index (χ0n) is 9.79. The minimum atomic E-state index is -3.60. The van der Waals surface area contributed by atoms with Crippen LogP contribution in [0, 0.1) is 11.3 Å². The van der Waals surface area contributed by atoms with Gasteiger partial charge in [0.15, 0.2) is 0 Å². The van der Waals surface area contributed by atoms with Gasteiger partial charge in [-0.05, 0) is 12.1 Å². The number of nitrogens with zero attached hydrogens (tertiary/aromatic N) is 2. The van der Waals surface area contributed by atoms with Crippen molar-refractivity contribution in [2.75, 3.05) is 25.3 Å². The zero-order chi connectivity index (χ0) is 13.2. The number of hydrogen-bond donors (Lipinski definition) is 0. The lowest BCUT2D eigenvalue weighted by molar-refractivity contribution is 0.411. The molecular weight excluding hydrogens is 272 g/mol. The van der Waals surface area contributed by atoms with Crippen LogP contribution >= 0.6 is 11.8 Å². The van der Waals surface area contributed by atoms with Crippen LogP contribution in [-0.2, 0) is 10.0 Å². The molecule has 0 spiro atoms. The second-order valence-electron chi connectivity index (χ2n) is 3.66. The van der Waals surface area contributed by atoms with Crippen molar-refractivity contribution in [1.82, 2.24) is 4.31 Å². The molecule has 18 heavy (non-hydrogen) atoms. The summed E-state index contributed by atoms with van der Waals surface area (Å²) >= 11 is 1.56. The molecule has 0 saturated carbocycles. The van der Waals surface area contributed by atoms with Gasteiger partial charge in [0.2, 0.25) is 10.0 Å². The Morgan fingerprint density at radius 1 is 1.50 bits per heavy atom. The Morgan fingerprint density at radius 3 is 2.83 bits per heavy atom. The van der Waals surface area contributed by atoms with Gasteiger partial charge < -0.3 is 4.74 Å². The highest BCUT2D eigenvalue weighted by atomic mass is 32.2. The number of sulfonamides is 1. The Kier molecular flexibility index (Phi) is 3.80. The summed E-state index contributed by atoms with van der Waals surface area (Å²) in [5, 5.41) is 9.12. The Morgan fingerprint density at radius 2 is 2.28 bits per heavy atom. The van der Waals surface area contributed by atoms with Crippen molar-refractivity contribution in [3.8, 4) is 11.8 Å². The predicted molar refractivity (Wildman–Crippen MR) is 68.9 cm³/mol. The molecule has 1 aromatic carbocycles. The van der Waals surface area contributed by atoms with E-state index < -0.39 is 10.0 Å². The maximum atomic E-state index is 12.4. The summed E-state index contributed by atoms with van der Waals surface area (Å²) in [6, 6.07) is 6.51. The number of ether oxygens (including phenoxy) is 1. The van der Waals surface area contributed by atoms with Gasteiger partial charge >= 0.3 is 0 Å². The van der Waals surface area contributed by atoms with Gasteiger partial charge in [0.1, 0.15) is 22.3 Å². The van der Waals surface area contributed by atoms with Crippen molar-refractivity contribution >= 4 is 21.8 Å². The molecule has 1 fully saturated rings. The van der Waals surface area contributed by atoms with E-state index >= 15 is 0 Å². The Hall–Kier alpha value is -1.23. The zero-order valence-corrected chi connectivity index (χ0v) is 11.4. The molecule has 1 saturated heterocycles. The lowest BCUT2D eigenvalue weighted by Gasteiger charge is -2.16. The molecule has 0 N–H and O–H groups in total. The smallest absolute Gasteiger partial charge is 0.245 e. The molecule has 7 heteroatoms. The fourth-order valence-electron chi connectivity index (χ4n) is 1.73. The first-order chi connectivity index (χ1) is 8.61. The molecule has 96 valence electrons. The molecule has 1 aliphatic heterocycles. The molecule has 1 aliphatic rings. The van der Waals surface area contributed by atoms with E-state index in [0.29, 0.717) is 12.4 Å². The minimum Gasteiger partial charge on any atom is -0.495 e. The lowest BCUT2D eigenvalue weighted by atomic mass is 10.2. The third-order valence-corrected chi connectivity index (χ3v) is 5.67. The average molecular weight is 284 g/mol. The molecule has 1 aromatic rings. The van der Waals surface area contributed by atoms with E-state index in [9.17, 15) is 8.42 Å². The number of nitriles is 1. The van der Waals surface area contributed by atoms with Crippen LogP contribution in [-0.4, -0.2) is 38.0 Å². The van der Waals surface area contributed by atoms with Crippen LogP contribution in [0.2, 0.25) is 0 Å². The minimum absolute atomic E-state index is 0.0202. The predicted octanol–water partition coefficient (Wildman–Crippen LogP) is 1.26. The summed E-state index contributed by atoms with van der Waals surface area (Å²) in [6.45, 7) is 0.481. The van der Waals surface area contributed by atoms with Gasteiger partial charge in [0.05, 0.1) is 13.0 Å². The average Bonchev–Trinajstić information content (AvgIpc) is 2.92. The number of rotatable bonds is 3. The van der Waals surface area contributed by atoms with Crippen LogP contribution in [0.25, 0.3) is 0 Å². The van der Waals surface area contributed by atoms with Crippen LogP contribution in [0.5, 0.6) is 5.75 Å². The molecule has 0 unspecified atom stereocenters. The van der Waals surface area contributed by atoms with Gasteiger partial charge in [0.25, 0.3) is 0 Å². The van der Waals surface area contributed by atoms with Gasteiger partial charge in [-0.2, -0.15) is 9.57 Å². The highest BCUT2D eigenvalue weighted by Crippen LogP contribution is 2.29. The normalized spacial score (nSPS) is 16.4. The Balaban J connectivity index is 2.54. The van der Waals surface area contributed by atoms with Crippen LogP contribution in [0.3, 0.4) is 0 Å². The summed E-state index contributed by atoms with van der Waals surface area (Å²) in [4.78, 5) is 0.0202. The van der Waals surface area contributed by atoms with Crippen molar-refractivity contribution < 1.29 is 13.2 Å². The van der Waals surface area contributed by atoms with Crippen molar-refractivity contribution in [2.24, 2.45) is 0 Å². The summed E-state index contributed by atoms with van der Waals surface area (Å²) < 4.78 is 31.2. The monoisotopic (exact) mass is 284 g/mol. The topological polar surface area (TPSA) is 70.4 Å². The molecule has 2 rings (SSSR count). The number of thioether (sulfide) groups is 1. The van der Waals surface area contributed by atoms with Crippen LogP contribution < -0.4 is 4.74 Å². The third kappa shape index (κ3) is 2.19. The second-order valence-corrected chi connectivity index (χ2v) is 6.64. The van der Waals surface area contributed by atoms with Gasteiger partial charge in [-0.1, -0.05) is 6.07 Å².